The summed E-state index contributed by atoms with van der Waals surface area (Å²) in [5, 5.41) is 0. The average molecular weight is 294 g/mol. The smallest absolute Gasteiger partial charge is 0.222 e. The maximum Gasteiger partial charge on any atom is 0.222 e. The molecule has 0 radical (unpaired) electrons. The van der Waals surface area contributed by atoms with Gasteiger partial charge in [-0.3, -0.25) is 9.69 Å². The van der Waals surface area contributed by atoms with Crippen LogP contribution in [0.3, 0.4) is 0 Å². The predicted octanol–water partition coefficient (Wildman–Crippen LogP) is 1.26. The molecule has 0 saturated carbocycles. The van der Waals surface area contributed by atoms with Gasteiger partial charge in [0.15, 0.2) is 0 Å². The Balaban J connectivity index is 1.93. The van der Waals surface area contributed by atoms with Gasteiger partial charge < -0.3 is 14.6 Å². The number of nitrogens with one attached hydrogen (secondary N) is 1. The molecular formula is C15H26N4O2. The van der Waals surface area contributed by atoms with Crippen LogP contribution >= 0.6 is 0 Å². The van der Waals surface area contributed by atoms with Gasteiger partial charge in [0.1, 0.15) is 5.82 Å². The van der Waals surface area contributed by atoms with Gasteiger partial charge in [0.05, 0.1) is 12.1 Å². The zero-order valence-corrected chi connectivity index (χ0v) is 13.3. The number of ether oxygens (including phenoxy) is 1. The first-order valence-corrected chi connectivity index (χ1v) is 7.50. The van der Waals surface area contributed by atoms with Crippen LogP contribution < -0.4 is 0 Å². The Kier molecular flexibility index (Phi) is 5.36. The van der Waals surface area contributed by atoms with Crippen molar-refractivity contribution in [2.75, 3.05) is 34.3 Å². The third kappa shape index (κ3) is 4.28. The van der Waals surface area contributed by atoms with Gasteiger partial charge in [-0.15, -0.1) is 0 Å². The van der Waals surface area contributed by atoms with Crippen LogP contribution in [0.5, 0.6) is 0 Å². The molecule has 118 valence electrons. The lowest BCUT2D eigenvalue weighted by Crippen LogP contribution is -2.49. The molecule has 1 saturated heterocycles. The fourth-order valence-corrected chi connectivity index (χ4v) is 2.95. The number of nitrogens with zero attached hydrogens (tertiary/aromatic N) is 3. The minimum Gasteiger partial charge on any atom is -0.377 e. The molecule has 1 amide bonds. The van der Waals surface area contributed by atoms with Gasteiger partial charge in [-0.1, -0.05) is 0 Å². The average Bonchev–Trinajstić information content (AvgIpc) is 2.98. The number of likely N-dealkylation sites (tertiary alicyclic amines) is 1. The van der Waals surface area contributed by atoms with Crippen molar-refractivity contribution in [1.29, 1.82) is 0 Å². The summed E-state index contributed by atoms with van der Waals surface area (Å²) in [5.41, 5.74) is -0.212. The van der Waals surface area contributed by atoms with Crippen molar-refractivity contribution in [2.45, 2.75) is 37.8 Å². The van der Waals surface area contributed by atoms with Gasteiger partial charge in [0, 0.05) is 46.6 Å². The number of aromatic nitrogens is 2. The van der Waals surface area contributed by atoms with E-state index in [2.05, 4.69) is 14.9 Å². The lowest BCUT2D eigenvalue weighted by Gasteiger charge is -2.41. The van der Waals surface area contributed by atoms with Gasteiger partial charge in [-0.05, 0) is 25.8 Å². The highest BCUT2D eigenvalue weighted by molar-refractivity contribution is 5.75. The van der Waals surface area contributed by atoms with E-state index in [1.165, 1.54) is 0 Å². The fraction of sp³-hybridized carbons (Fsp3) is 0.733. The largest absolute Gasteiger partial charge is 0.377 e. The Morgan fingerprint density at radius 3 is 3.00 bits per heavy atom. The molecule has 6 heteroatoms. The van der Waals surface area contributed by atoms with E-state index in [4.69, 9.17) is 4.74 Å². The molecule has 21 heavy (non-hydrogen) atoms. The van der Waals surface area contributed by atoms with E-state index in [9.17, 15) is 4.79 Å². The summed E-state index contributed by atoms with van der Waals surface area (Å²) in [6.07, 6.45) is 7.03. The normalized spacial score (nSPS) is 23.2. The van der Waals surface area contributed by atoms with Crippen molar-refractivity contribution in [3.8, 4) is 0 Å². The molecule has 2 rings (SSSR count). The van der Waals surface area contributed by atoms with Crippen LogP contribution in [0.1, 0.15) is 31.5 Å². The van der Waals surface area contributed by atoms with Gasteiger partial charge in [0.2, 0.25) is 5.91 Å². The van der Waals surface area contributed by atoms with Crippen LogP contribution in [0, 0.1) is 0 Å². The molecule has 1 unspecified atom stereocenters. The SMILES string of the molecule is COC1(CCC(=O)N(C)C)CCCN(Cc2ncc[nH]2)C1. The lowest BCUT2D eigenvalue weighted by atomic mass is 9.87. The van der Waals surface area contributed by atoms with E-state index in [-0.39, 0.29) is 11.5 Å². The van der Waals surface area contributed by atoms with E-state index < -0.39 is 0 Å². The molecule has 0 aliphatic carbocycles. The molecular weight excluding hydrogens is 268 g/mol. The third-order valence-electron chi connectivity index (χ3n) is 4.27. The second-order valence-electron chi connectivity index (χ2n) is 6.03. The number of carbonyl (C=O) groups excluding carboxylic acids is 1. The van der Waals surface area contributed by atoms with Crippen molar-refractivity contribution in [2.24, 2.45) is 0 Å². The first-order chi connectivity index (χ1) is 10.0. The summed E-state index contributed by atoms with van der Waals surface area (Å²) < 4.78 is 5.82. The second-order valence-corrected chi connectivity index (χ2v) is 6.03. The summed E-state index contributed by atoms with van der Waals surface area (Å²) >= 11 is 0. The Morgan fingerprint density at radius 1 is 1.57 bits per heavy atom. The molecule has 1 fully saturated rings. The van der Waals surface area contributed by atoms with Crippen LogP contribution in [-0.4, -0.2) is 65.6 Å². The minimum atomic E-state index is -0.212. The Labute approximate surface area is 126 Å². The molecule has 0 aromatic carbocycles. The summed E-state index contributed by atoms with van der Waals surface area (Å²) in [6.45, 7) is 2.71. The maximum absolute atomic E-state index is 11.8. The fourth-order valence-electron chi connectivity index (χ4n) is 2.95. The molecule has 1 aliphatic rings. The maximum atomic E-state index is 11.8. The topological polar surface area (TPSA) is 61.5 Å². The molecule has 1 aromatic heterocycles. The lowest BCUT2D eigenvalue weighted by molar-refractivity contribution is -0.132. The van der Waals surface area contributed by atoms with Crippen LogP contribution in [-0.2, 0) is 16.1 Å². The minimum absolute atomic E-state index is 0.162. The zero-order chi connectivity index (χ0) is 15.3. The number of methoxy groups -OCH3 is 1. The number of H-pyrrole nitrogens is 1. The first-order valence-electron chi connectivity index (χ1n) is 7.50. The van der Waals surface area contributed by atoms with Crippen molar-refractivity contribution >= 4 is 5.91 Å². The van der Waals surface area contributed by atoms with Crippen molar-refractivity contribution < 1.29 is 9.53 Å². The summed E-state index contributed by atoms with van der Waals surface area (Å²) in [7, 11) is 5.36. The second kappa shape index (κ2) is 7.04. The van der Waals surface area contributed by atoms with E-state index >= 15 is 0 Å². The number of carbonyl (C=O) groups is 1. The molecule has 2 heterocycles. The number of piperidine rings is 1. The highest BCUT2D eigenvalue weighted by Crippen LogP contribution is 2.30. The standard InChI is InChI=1S/C15H26N4O2/c1-18(2)14(20)5-7-15(21-3)6-4-10-19(12-15)11-13-16-8-9-17-13/h8-9H,4-7,10-12H2,1-3H3,(H,16,17). The first kappa shape index (κ1) is 16.0. The monoisotopic (exact) mass is 294 g/mol. The van der Waals surface area contributed by atoms with Crippen molar-refractivity contribution in [3.63, 3.8) is 0 Å². The molecule has 1 atom stereocenters. The van der Waals surface area contributed by atoms with Crippen LogP contribution in [0.4, 0.5) is 0 Å². The summed E-state index contributed by atoms with van der Waals surface area (Å²) in [5.74, 6) is 1.14. The number of hydrogen-bond donors (Lipinski definition) is 1. The number of amides is 1. The van der Waals surface area contributed by atoms with Crippen molar-refractivity contribution in [1.82, 2.24) is 19.8 Å². The van der Waals surface area contributed by atoms with Crippen molar-refractivity contribution in [3.05, 3.63) is 18.2 Å². The Bertz CT molecular complexity index is 447. The van der Waals surface area contributed by atoms with E-state index in [1.807, 2.05) is 6.20 Å². The summed E-state index contributed by atoms with van der Waals surface area (Å²) in [4.78, 5) is 23.2. The zero-order valence-electron chi connectivity index (χ0n) is 13.3. The van der Waals surface area contributed by atoms with E-state index in [0.29, 0.717) is 6.42 Å². The quantitative estimate of drug-likeness (QED) is 0.858. The number of hydrogen-bond acceptors (Lipinski definition) is 4. The molecule has 0 bridgehead atoms. The van der Waals surface area contributed by atoms with Crippen LogP contribution in [0.2, 0.25) is 0 Å². The van der Waals surface area contributed by atoms with E-state index in [0.717, 1.165) is 44.7 Å². The summed E-state index contributed by atoms with van der Waals surface area (Å²) in [6, 6.07) is 0. The molecule has 1 N–H and O–H groups in total. The predicted molar refractivity (Wildman–Crippen MR) is 80.8 cm³/mol. The van der Waals surface area contributed by atoms with Gasteiger partial charge in [-0.25, -0.2) is 4.98 Å². The number of rotatable bonds is 6. The molecule has 6 nitrogen and oxygen atoms in total. The highest BCUT2D eigenvalue weighted by Gasteiger charge is 2.36. The Morgan fingerprint density at radius 2 is 2.38 bits per heavy atom. The van der Waals surface area contributed by atoms with Crippen LogP contribution in [0.25, 0.3) is 0 Å². The van der Waals surface area contributed by atoms with Crippen LogP contribution in [0.15, 0.2) is 12.4 Å². The molecule has 1 aromatic rings. The van der Waals surface area contributed by atoms with Gasteiger partial charge >= 0.3 is 0 Å². The Hall–Kier alpha value is -1.40. The van der Waals surface area contributed by atoms with Gasteiger partial charge in [-0.2, -0.15) is 0 Å². The highest BCUT2D eigenvalue weighted by atomic mass is 16.5. The van der Waals surface area contributed by atoms with Gasteiger partial charge in [0.25, 0.3) is 0 Å². The molecule has 1 aliphatic heterocycles. The number of aromatic amines is 1. The third-order valence-corrected chi connectivity index (χ3v) is 4.27. The van der Waals surface area contributed by atoms with E-state index in [1.54, 1.807) is 32.3 Å². The number of imidazole rings is 1. The molecule has 0 spiro atoms.